The lowest BCUT2D eigenvalue weighted by Crippen LogP contribution is -2.46. The first kappa shape index (κ1) is 26.9. The predicted octanol–water partition coefficient (Wildman–Crippen LogP) is 5.49. The summed E-state index contributed by atoms with van der Waals surface area (Å²) in [5, 5.41) is 10.6. The number of hydrogen-bond acceptors (Lipinski definition) is 7. The molecule has 8 nitrogen and oxygen atoms in total. The number of likely N-dealkylation sites (tertiary alicyclic amines) is 1. The van der Waals surface area contributed by atoms with Crippen molar-refractivity contribution in [1.82, 2.24) is 9.47 Å². The number of fused-ring (bicyclic) bond motifs is 5. The van der Waals surface area contributed by atoms with Crippen molar-refractivity contribution in [3.8, 4) is 23.0 Å². The Labute approximate surface area is 232 Å². The maximum Gasteiger partial charge on any atom is 0.453 e. The number of phenolic OH excluding ortho intramolecular Hbond substituents is 1. The Morgan fingerprint density at radius 1 is 1.00 bits per heavy atom. The van der Waals surface area contributed by atoms with Crippen LogP contribution in [-0.4, -0.2) is 34.3 Å². The van der Waals surface area contributed by atoms with Crippen LogP contribution >= 0.6 is 0 Å². The number of rotatable bonds is 6. The Kier molecular flexibility index (Phi) is 6.77. The fraction of sp³-hybridized carbons (Fsp3) is 0.333. The predicted molar refractivity (Wildman–Crippen MR) is 144 cm³/mol. The van der Waals surface area contributed by atoms with E-state index in [2.05, 4.69) is 0 Å². The molecule has 1 fully saturated rings. The van der Waals surface area contributed by atoms with Crippen LogP contribution in [0.25, 0.3) is 11.0 Å². The molecule has 0 unspecified atom stereocenters. The van der Waals surface area contributed by atoms with Gasteiger partial charge in [-0.3, -0.25) is 14.5 Å². The van der Waals surface area contributed by atoms with Gasteiger partial charge in [0, 0.05) is 43.9 Å². The van der Waals surface area contributed by atoms with E-state index in [1.54, 1.807) is 29.7 Å². The number of aromatic nitrogens is 1. The number of halogens is 3. The zero-order valence-electron chi connectivity index (χ0n) is 22.1. The average Bonchev–Trinajstić information content (AvgIpc) is 2.93. The standard InChI is InChI=1S/C30H27F3N2O6/c1-2-39-23-7-3-4-8-24(23)40-28-26(38)19-10-11-22(36)20(27(19)41-29(28)30(31,32)33)16-34-13-17-12-18(15-34)21-6-5-9-25(37)35(21)14-17/h3-11,17-18,36H,2,12-16H2,1H3/t17-,18+/m1/s1. The summed E-state index contributed by atoms with van der Waals surface area (Å²) in [6.45, 7) is 3.65. The molecule has 2 atom stereocenters. The van der Waals surface area contributed by atoms with Crippen molar-refractivity contribution >= 4 is 11.0 Å². The minimum absolute atomic E-state index is 0.0525. The van der Waals surface area contributed by atoms with Gasteiger partial charge in [0.25, 0.3) is 11.3 Å². The molecule has 0 saturated carbocycles. The van der Waals surface area contributed by atoms with Gasteiger partial charge in [-0.15, -0.1) is 0 Å². The van der Waals surface area contributed by atoms with Gasteiger partial charge in [0.15, 0.2) is 11.5 Å². The molecular weight excluding hydrogens is 541 g/mol. The molecule has 214 valence electrons. The largest absolute Gasteiger partial charge is 0.507 e. The molecule has 0 amide bonds. The molecule has 6 rings (SSSR count). The Balaban J connectivity index is 1.41. The van der Waals surface area contributed by atoms with Crippen LogP contribution in [0, 0.1) is 5.92 Å². The van der Waals surface area contributed by atoms with E-state index in [0.29, 0.717) is 19.6 Å². The number of ether oxygens (including phenoxy) is 2. The number of piperidine rings is 1. The number of para-hydroxylation sites is 2. The number of alkyl halides is 3. The molecule has 0 spiro atoms. The average molecular weight is 569 g/mol. The van der Waals surface area contributed by atoms with Gasteiger partial charge < -0.3 is 23.6 Å². The molecule has 4 heterocycles. The second-order valence-electron chi connectivity index (χ2n) is 10.4. The van der Waals surface area contributed by atoms with Crippen molar-refractivity contribution in [3.63, 3.8) is 0 Å². The Bertz CT molecular complexity index is 1750. The summed E-state index contributed by atoms with van der Waals surface area (Å²) in [6, 6.07) is 13.8. The molecule has 2 aromatic carbocycles. The SMILES string of the molecule is CCOc1ccccc1Oc1c(C(F)(F)F)oc2c(CN3C[C@H]4C[C@@H](C3)c3cccc(=O)n3C4)c(O)ccc2c1=O. The molecule has 11 heteroatoms. The number of phenols is 1. The van der Waals surface area contributed by atoms with Gasteiger partial charge in [0.2, 0.25) is 11.2 Å². The molecule has 2 aromatic heterocycles. The van der Waals surface area contributed by atoms with E-state index >= 15 is 0 Å². The van der Waals surface area contributed by atoms with Gasteiger partial charge in [-0.1, -0.05) is 18.2 Å². The van der Waals surface area contributed by atoms with E-state index in [9.17, 15) is 27.9 Å². The summed E-state index contributed by atoms with van der Waals surface area (Å²) >= 11 is 0. The lowest BCUT2D eigenvalue weighted by molar-refractivity contribution is -0.154. The zero-order chi connectivity index (χ0) is 28.9. The summed E-state index contributed by atoms with van der Waals surface area (Å²) in [5.41, 5.74) is -0.423. The van der Waals surface area contributed by atoms with E-state index in [1.807, 2.05) is 11.0 Å². The highest BCUT2D eigenvalue weighted by Crippen LogP contribution is 2.42. The van der Waals surface area contributed by atoms with E-state index in [4.69, 9.17) is 13.9 Å². The van der Waals surface area contributed by atoms with Gasteiger partial charge in [-0.2, -0.15) is 13.2 Å². The maximum absolute atomic E-state index is 14.3. The fourth-order valence-corrected chi connectivity index (χ4v) is 5.99. The van der Waals surface area contributed by atoms with Crippen LogP contribution in [0.15, 0.2) is 68.6 Å². The van der Waals surface area contributed by atoms with Crippen molar-refractivity contribution < 1.29 is 32.2 Å². The summed E-state index contributed by atoms with van der Waals surface area (Å²) in [7, 11) is 0. The molecule has 1 N–H and O–H groups in total. The lowest BCUT2D eigenvalue weighted by Gasteiger charge is -2.42. The van der Waals surface area contributed by atoms with E-state index in [-0.39, 0.29) is 64.3 Å². The topological polar surface area (TPSA) is 94.1 Å². The van der Waals surface area contributed by atoms with E-state index < -0.39 is 23.1 Å². The third-order valence-electron chi connectivity index (χ3n) is 7.65. The molecule has 2 aliphatic heterocycles. The third kappa shape index (κ3) is 4.94. The summed E-state index contributed by atoms with van der Waals surface area (Å²) in [4.78, 5) is 27.9. The Morgan fingerprint density at radius 2 is 1.78 bits per heavy atom. The van der Waals surface area contributed by atoms with Gasteiger partial charge in [-0.25, -0.2) is 0 Å². The molecular formula is C30H27F3N2O6. The molecule has 41 heavy (non-hydrogen) atoms. The summed E-state index contributed by atoms with van der Waals surface area (Å²) in [5.74, 6) is -2.58. The smallest absolute Gasteiger partial charge is 0.453 e. The summed E-state index contributed by atoms with van der Waals surface area (Å²) in [6.07, 6.45) is -4.18. The van der Waals surface area contributed by atoms with Crippen molar-refractivity contribution in [2.75, 3.05) is 19.7 Å². The zero-order valence-corrected chi connectivity index (χ0v) is 22.1. The van der Waals surface area contributed by atoms with Gasteiger partial charge in [-0.05, 0) is 49.6 Å². The highest BCUT2D eigenvalue weighted by molar-refractivity contribution is 5.83. The molecule has 2 aliphatic rings. The highest BCUT2D eigenvalue weighted by atomic mass is 19.4. The monoisotopic (exact) mass is 568 g/mol. The third-order valence-corrected chi connectivity index (χ3v) is 7.65. The van der Waals surface area contributed by atoms with Crippen LogP contribution in [0.3, 0.4) is 0 Å². The van der Waals surface area contributed by atoms with Crippen LogP contribution in [0.4, 0.5) is 13.2 Å². The van der Waals surface area contributed by atoms with Crippen molar-refractivity contribution in [3.05, 3.63) is 92.2 Å². The highest BCUT2D eigenvalue weighted by Gasteiger charge is 2.41. The molecule has 4 aromatic rings. The number of pyridine rings is 1. The number of hydrogen-bond donors (Lipinski definition) is 1. The molecule has 1 saturated heterocycles. The second kappa shape index (κ2) is 10.3. The fourth-order valence-electron chi connectivity index (χ4n) is 5.99. The minimum Gasteiger partial charge on any atom is -0.507 e. The summed E-state index contributed by atoms with van der Waals surface area (Å²) < 4.78 is 61.0. The molecule has 0 aliphatic carbocycles. The van der Waals surface area contributed by atoms with Crippen LogP contribution in [0.5, 0.6) is 23.0 Å². The van der Waals surface area contributed by atoms with Gasteiger partial charge >= 0.3 is 6.18 Å². The Hall–Kier alpha value is -4.25. The second-order valence-corrected chi connectivity index (χ2v) is 10.4. The maximum atomic E-state index is 14.3. The van der Waals surface area contributed by atoms with E-state index in [1.165, 1.54) is 30.3 Å². The van der Waals surface area contributed by atoms with E-state index in [0.717, 1.165) is 12.1 Å². The lowest BCUT2D eigenvalue weighted by atomic mass is 9.83. The Morgan fingerprint density at radius 3 is 2.54 bits per heavy atom. The molecule has 0 radical (unpaired) electrons. The number of benzene rings is 2. The quantitative estimate of drug-likeness (QED) is 0.329. The van der Waals surface area contributed by atoms with Crippen LogP contribution in [-0.2, 0) is 19.3 Å². The van der Waals surface area contributed by atoms with Crippen molar-refractivity contribution in [1.29, 1.82) is 0 Å². The van der Waals surface area contributed by atoms with Gasteiger partial charge in [0.05, 0.1) is 17.6 Å². The van der Waals surface area contributed by atoms with Gasteiger partial charge in [0.1, 0.15) is 11.3 Å². The van der Waals surface area contributed by atoms with Crippen LogP contribution in [0.2, 0.25) is 0 Å². The minimum atomic E-state index is -5.06. The normalized spacial score (nSPS) is 18.7. The van der Waals surface area contributed by atoms with Crippen LogP contribution in [0.1, 0.15) is 36.3 Å². The first-order valence-electron chi connectivity index (χ1n) is 13.3. The number of nitrogens with zero attached hydrogens (tertiary/aromatic N) is 2. The van der Waals surface area contributed by atoms with Crippen LogP contribution < -0.4 is 20.5 Å². The van der Waals surface area contributed by atoms with Crippen molar-refractivity contribution in [2.45, 2.75) is 38.5 Å². The number of aromatic hydroxyl groups is 1. The van der Waals surface area contributed by atoms with Crippen molar-refractivity contribution in [2.24, 2.45) is 5.92 Å². The first-order chi connectivity index (χ1) is 19.6. The molecule has 2 bridgehead atoms. The first-order valence-corrected chi connectivity index (χ1v) is 13.3.